The minimum Gasteiger partial charge on any atom is -0.353 e. The highest BCUT2D eigenvalue weighted by Crippen LogP contribution is 1.96. The fourth-order valence-corrected chi connectivity index (χ4v) is 0.570. The molecular weight excluding hydrogens is 130 g/mol. The summed E-state index contributed by atoms with van der Waals surface area (Å²) in [5.41, 5.74) is 0. The van der Waals surface area contributed by atoms with E-state index in [2.05, 4.69) is 5.32 Å². The maximum Gasteiger partial charge on any atom is 0.217 e. The lowest BCUT2D eigenvalue weighted by Crippen LogP contribution is -2.35. The summed E-state index contributed by atoms with van der Waals surface area (Å²) in [6, 6.07) is -0.0602. The average Bonchev–Trinajstić information content (AvgIpc) is 1.85. The molecule has 0 aliphatic carbocycles. The van der Waals surface area contributed by atoms with Crippen LogP contribution in [0.1, 0.15) is 20.8 Å². The third-order valence-electron chi connectivity index (χ3n) is 1.43. The highest BCUT2D eigenvalue weighted by Gasteiger charge is 2.10. The SMILES string of the molecule is CC(=O)N[C@H](C)C(C)C=O. The number of nitrogens with one attached hydrogen (secondary N) is 1. The zero-order valence-electron chi connectivity index (χ0n) is 6.55. The van der Waals surface area contributed by atoms with Crippen LogP contribution >= 0.6 is 0 Å². The van der Waals surface area contributed by atoms with E-state index < -0.39 is 0 Å². The standard InChI is InChI=1S/C7H13NO2/c1-5(4-9)6(2)8-7(3)10/h4-6H,1-3H3,(H,8,10)/t5?,6-/m1/s1. The van der Waals surface area contributed by atoms with Crippen molar-refractivity contribution < 1.29 is 9.59 Å². The molecule has 0 rings (SSSR count). The molecule has 3 nitrogen and oxygen atoms in total. The van der Waals surface area contributed by atoms with Gasteiger partial charge in [0.25, 0.3) is 0 Å². The molecule has 0 radical (unpaired) electrons. The summed E-state index contributed by atoms with van der Waals surface area (Å²) in [5, 5.41) is 2.62. The van der Waals surface area contributed by atoms with E-state index in [-0.39, 0.29) is 17.9 Å². The van der Waals surface area contributed by atoms with Gasteiger partial charge in [0, 0.05) is 18.9 Å². The van der Waals surface area contributed by atoms with Gasteiger partial charge >= 0.3 is 0 Å². The molecule has 2 atom stereocenters. The fourth-order valence-electron chi connectivity index (χ4n) is 0.570. The number of carbonyl (C=O) groups is 2. The van der Waals surface area contributed by atoms with E-state index in [1.54, 1.807) is 13.8 Å². The van der Waals surface area contributed by atoms with E-state index in [9.17, 15) is 9.59 Å². The Labute approximate surface area is 60.8 Å². The van der Waals surface area contributed by atoms with Gasteiger partial charge in [0.1, 0.15) is 6.29 Å². The van der Waals surface area contributed by atoms with Crippen LogP contribution in [0.3, 0.4) is 0 Å². The zero-order chi connectivity index (χ0) is 8.15. The first kappa shape index (κ1) is 9.14. The molecule has 0 aliphatic rings. The second kappa shape index (κ2) is 4.04. The van der Waals surface area contributed by atoms with Gasteiger partial charge in [0.05, 0.1) is 0 Å². The number of aldehydes is 1. The van der Waals surface area contributed by atoms with Crippen LogP contribution in [0.5, 0.6) is 0 Å². The first-order valence-corrected chi connectivity index (χ1v) is 3.30. The van der Waals surface area contributed by atoms with Crippen LogP contribution in [0.15, 0.2) is 0 Å². The Morgan fingerprint density at radius 2 is 2.00 bits per heavy atom. The summed E-state index contributed by atoms with van der Waals surface area (Å²) in [5.74, 6) is -0.204. The predicted molar refractivity (Wildman–Crippen MR) is 38.5 cm³/mol. The van der Waals surface area contributed by atoms with E-state index in [0.717, 1.165) is 6.29 Å². The van der Waals surface area contributed by atoms with Gasteiger partial charge in [-0.1, -0.05) is 6.92 Å². The van der Waals surface area contributed by atoms with Crippen molar-refractivity contribution in [3.8, 4) is 0 Å². The Morgan fingerprint density at radius 3 is 2.30 bits per heavy atom. The number of carbonyl (C=O) groups excluding carboxylic acids is 2. The van der Waals surface area contributed by atoms with E-state index in [1.807, 2.05) is 0 Å². The molecule has 58 valence electrons. The second-order valence-electron chi connectivity index (χ2n) is 2.48. The molecule has 0 heterocycles. The van der Waals surface area contributed by atoms with Crippen LogP contribution in [0.4, 0.5) is 0 Å². The summed E-state index contributed by atoms with van der Waals surface area (Å²) in [4.78, 5) is 20.6. The van der Waals surface area contributed by atoms with Gasteiger partial charge in [-0.3, -0.25) is 4.79 Å². The molecule has 0 saturated heterocycles. The topological polar surface area (TPSA) is 46.2 Å². The van der Waals surface area contributed by atoms with Crippen LogP contribution in [0.25, 0.3) is 0 Å². The van der Waals surface area contributed by atoms with Crippen molar-refractivity contribution in [1.82, 2.24) is 5.32 Å². The summed E-state index contributed by atoms with van der Waals surface area (Å²) in [7, 11) is 0. The molecule has 0 aliphatic heterocycles. The predicted octanol–water partition coefficient (Wildman–Crippen LogP) is 0.346. The summed E-state index contributed by atoms with van der Waals surface area (Å²) >= 11 is 0. The molecule has 10 heavy (non-hydrogen) atoms. The van der Waals surface area contributed by atoms with Crippen molar-refractivity contribution in [2.75, 3.05) is 0 Å². The van der Waals surface area contributed by atoms with Crippen molar-refractivity contribution in [1.29, 1.82) is 0 Å². The first-order chi connectivity index (χ1) is 4.57. The van der Waals surface area contributed by atoms with Crippen LogP contribution in [-0.2, 0) is 9.59 Å². The van der Waals surface area contributed by atoms with Crippen molar-refractivity contribution in [3.05, 3.63) is 0 Å². The van der Waals surface area contributed by atoms with Gasteiger partial charge in [-0.15, -0.1) is 0 Å². The third-order valence-corrected chi connectivity index (χ3v) is 1.43. The Hall–Kier alpha value is -0.860. The summed E-state index contributed by atoms with van der Waals surface area (Å²) in [6.07, 6.45) is 0.834. The molecule has 0 aromatic carbocycles. The molecule has 1 N–H and O–H groups in total. The lowest BCUT2D eigenvalue weighted by atomic mass is 10.1. The molecule has 1 amide bonds. The van der Waals surface area contributed by atoms with Gasteiger partial charge in [-0.2, -0.15) is 0 Å². The lowest BCUT2D eigenvalue weighted by molar-refractivity contribution is -0.120. The molecule has 0 bridgehead atoms. The Balaban J connectivity index is 3.71. The first-order valence-electron chi connectivity index (χ1n) is 3.30. The quantitative estimate of drug-likeness (QED) is 0.579. The van der Waals surface area contributed by atoms with Crippen molar-refractivity contribution >= 4 is 12.2 Å². The second-order valence-corrected chi connectivity index (χ2v) is 2.48. The lowest BCUT2D eigenvalue weighted by Gasteiger charge is -2.14. The minimum absolute atomic E-state index is 0.0602. The number of amides is 1. The van der Waals surface area contributed by atoms with Gasteiger partial charge in [-0.05, 0) is 6.92 Å². The third kappa shape index (κ3) is 3.22. The Kier molecular flexibility index (Phi) is 3.69. The molecule has 0 aromatic heterocycles. The molecule has 1 unspecified atom stereocenters. The fraction of sp³-hybridized carbons (Fsp3) is 0.714. The number of hydrogen-bond donors (Lipinski definition) is 1. The van der Waals surface area contributed by atoms with Gasteiger partial charge in [0.2, 0.25) is 5.91 Å². The van der Waals surface area contributed by atoms with Gasteiger partial charge < -0.3 is 10.1 Å². The van der Waals surface area contributed by atoms with Crippen LogP contribution < -0.4 is 5.32 Å². The maximum absolute atomic E-state index is 10.4. The highest BCUT2D eigenvalue weighted by molar-refractivity contribution is 5.73. The molecule has 0 spiro atoms. The molecule has 0 saturated carbocycles. The van der Waals surface area contributed by atoms with Crippen LogP contribution in [-0.4, -0.2) is 18.2 Å². The monoisotopic (exact) mass is 143 g/mol. The Morgan fingerprint density at radius 1 is 1.50 bits per heavy atom. The molecule has 3 heteroatoms. The van der Waals surface area contributed by atoms with E-state index in [0.29, 0.717) is 0 Å². The maximum atomic E-state index is 10.4. The minimum atomic E-state index is -0.108. The number of hydrogen-bond acceptors (Lipinski definition) is 2. The van der Waals surface area contributed by atoms with Gasteiger partial charge in [0.15, 0.2) is 0 Å². The van der Waals surface area contributed by atoms with E-state index in [1.165, 1.54) is 6.92 Å². The van der Waals surface area contributed by atoms with Crippen molar-refractivity contribution in [2.45, 2.75) is 26.8 Å². The molecular formula is C7H13NO2. The number of rotatable bonds is 3. The van der Waals surface area contributed by atoms with Crippen molar-refractivity contribution in [3.63, 3.8) is 0 Å². The van der Waals surface area contributed by atoms with Gasteiger partial charge in [-0.25, -0.2) is 0 Å². The normalized spacial score (nSPS) is 15.5. The van der Waals surface area contributed by atoms with Crippen LogP contribution in [0, 0.1) is 5.92 Å². The van der Waals surface area contributed by atoms with E-state index >= 15 is 0 Å². The molecule has 0 aromatic rings. The van der Waals surface area contributed by atoms with Crippen LogP contribution in [0.2, 0.25) is 0 Å². The smallest absolute Gasteiger partial charge is 0.217 e. The summed E-state index contributed by atoms with van der Waals surface area (Å²) in [6.45, 7) is 5.02. The molecule has 0 fully saturated rings. The highest BCUT2D eigenvalue weighted by atomic mass is 16.1. The summed E-state index contributed by atoms with van der Waals surface area (Å²) < 4.78 is 0. The van der Waals surface area contributed by atoms with Crippen molar-refractivity contribution in [2.24, 2.45) is 5.92 Å². The zero-order valence-corrected chi connectivity index (χ0v) is 6.55. The Bertz CT molecular complexity index is 134. The van der Waals surface area contributed by atoms with E-state index in [4.69, 9.17) is 0 Å². The average molecular weight is 143 g/mol. The largest absolute Gasteiger partial charge is 0.353 e.